The molecule has 7 nitrogen and oxygen atoms in total. The second-order valence-electron chi connectivity index (χ2n) is 7.41. The summed E-state index contributed by atoms with van der Waals surface area (Å²) in [4.78, 5) is 12.7. The number of hydrogen-bond donors (Lipinski definition) is 1. The van der Waals surface area contributed by atoms with E-state index >= 15 is 0 Å². The Labute approximate surface area is 164 Å². The minimum Gasteiger partial charge on any atom is -0.493 e. The molecule has 28 heavy (non-hydrogen) atoms. The van der Waals surface area contributed by atoms with Crippen molar-refractivity contribution in [1.29, 1.82) is 0 Å². The second-order valence-corrected chi connectivity index (χ2v) is 7.41. The third kappa shape index (κ3) is 3.28. The molecule has 7 heteroatoms. The van der Waals surface area contributed by atoms with Crippen molar-refractivity contribution in [3.05, 3.63) is 53.0 Å². The molecule has 0 spiro atoms. The van der Waals surface area contributed by atoms with Gasteiger partial charge in [0.15, 0.2) is 0 Å². The van der Waals surface area contributed by atoms with Gasteiger partial charge in [0.05, 0.1) is 18.0 Å². The van der Waals surface area contributed by atoms with Crippen molar-refractivity contribution in [3.63, 3.8) is 0 Å². The van der Waals surface area contributed by atoms with Crippen molar-refractivity contribution in [2.75, 3.05) is 13.2 Å². The number of hydrogen-bond acceptors (Lipinski definition) is 4. The van der Waals surface area contributed by atoms with Crippen LogP contribution in [0.4, 0.5) is 0 Å². The first-order valence-corrected chi connectivity index (χ1v) is 9.47. The third-order valence-corrected chi connectivity index (χ3v) is 5.38. The third-order valence-electron chi connectivity index (χ3n) is 5.38. The van der Waals surface area contributed by atoms with Gasteiger partial charge in [-0.05, 0) is 38.0 Å². The minimum atomic E-state index is -0.126. The molecule has 0 unspecified atom stereocenters. The molecule has 0 saturated carbocycles. The summed E-state index contributed by atoms with van der Waals surface area (Å²) in [6.07, 6.45) is 0.904. The predicted molar refractivity (Wildman–Crippen MR) is 106 cm³/mol. The van der Waals surface area contributed by atoms with Gasteiger partial charge in [0.25, 0.3) is 5.91 Å². The number of nitrogens with zero attached hydrogens (tertiary/aromatic N) is 4. The summed E-state index contributed by atoms with van der Waals surface area (Å²) >= 11 is 0. The van der Waals surface area contributed by atoms with Crippen LogP contribution in [0.15, 0.2) is 30.3 Å². The van der Waals surface area contributed by atoms with Crippen molar-refractivity contribution in [3.8, 4) is 17.0 Å². The Kier molecular flexibility index (Phi) is 4.66. The fourth-order valence-electron chi connectivity index (χ4n) is 3.80. The Hall–Kier alpha value is -3.09. The van der Waals surface area contributed by atoms with E-state index in [0.717, 1.165) is 34.8 Å². The van der Waals surface area contributed by atoms with Gasteiger partial charge in [-0.15, -0.1) is 0 Å². The van der Waals surface area contributed by atoms with Crippen LogP contribution in [0.3, 0.4) is 0 Å². The van der Waals surface area contributed by atoms with Crippen LogP contribution < -0.4 is 10.1 Å². The SMILES string of the molecule is Cc1nn(C)c(C)c1-c1cc(C(=O)NC[C@@H]2COc3ccccc3C2)n(C)n1. The first-order chi connectivity index (χ1) is 13.4. The summed E-state index contributed by atoms with van der Waals surface area (Å²) in [6.45, 7) is 5.14. The van der Waals surface area contributed by atoms with Crippen LogP contribution in [0.5, 0.6) is 5.75 Å². The predicted octanol–water partition coefficient (Wildman–Crippen LogP) is 2.42. The molecule has 2 aromatic heterocycles. The zero-order valence-electron chi connectivity index (χ0n) is 16.7. The van der Waals surface area contributed by atoms with E-state index < -0.39 is 0 Å². The Morgan fingerprint density at radius 3 is 2.75 bits per heavy atom. The van der Waals surface area contributed by atoms with E-state index in [4.69, 9.17) is 4.74 Å². The number of carbonyl (C=O) groups is 1. The van der Waals surface area contributed by atoms with E-state index in [1.807, 2.05) is 49.8 Å². The summed E-state index contributed by atoms with van der Waals surface area (Å²) in [6, 6.07) is 9.90. The van der Waals surface area contributed by atoms with E-state index in [0.29, 0.717) is 18.8 Å². The highest BCUT2D eigenvalue weighted by Crippen LogP contribution is 2.27. The molecule has 0 radical (unpaired) electrons. The van der Waals surface area contributed by atoms with Crippen LogP contribution >= 0.6 is 0 Å². The quantitative estimate of drug-likeness (QED) is 0.756. The van der Waals surface area contributed by atoms with Gasteiger partial charge in [0.2, 0.25) is 0 Å². The van der Waals surface area contributed by atoms with Gasteiger partial charge in [-0.25, -0.2) is 0 Å². The number of ether oxygens (including phenoxy) is 1. The van der Waals surface area contributed by atoms with Crippen LogP contribution in [-0.2, 0) is 20.5 Å². The van der Waals surface area contributed by atoms with Gasteiger partial charge in [0, 0.05) is 37.8 Å². The van der Waals surface area contributed by atoms with E-state index in [-0.39, 0.29) is 11.8 Å². The highest BCUT2D eigenvalue weighted by molar-refractivity contribution is 5.93. The lowest BCUT2D eigenvalue weighted by Crippen LogP contribution is -2.35. The number of nitrogens with one attached hydrogen (secondary N) is 1. The Morgan fingerprint density at radius 2 is 2.00 bits per heavy atom. The van der Waals surface area contributed by atoms with E-state index in [9.17, 15) is 4.79 Å². The van der Waals surface area contributed by atoms with Gasteiger partial charge in [-0.3, -0.25) is 14.2 Å². The van der Waals surface area contributed by atoms with Crippen LogP contribution in [0.1, 0.15) is 27.4 Å². The summed E-state index contributed by atoms with van der Waals surface area (Å²) < 4.78 is 9.27. The zero-order chi connectivity index (χ0) is 19.8. The van der Waals surface area contributed by atoms with Crippen LogP contribution in [-0.4, -0.2) is 38.6 Å². The molecule has 3 aromatic rings. The molecule has 1 amide bonds. The number of benzene rings is 1. The number of carbonyl (C=O) groups excluding carboxylic acids is 1. The maximum Gasteiger partial charge on any atom is 0.269 e. The van der Waals surface area contributed by atoms with E-state index in [2.05, 4.69) is 21.6 Å². The first-order valence-electron chi connectivity index (χ1n) is 9.47. The Balaban J connectivity index is 1.45. The molecule has 146 valence electrons. The maximum absolute atomic E-state index is 12.7. The fraction of sp³-hybridized carbons (Fsp3) is 0.381. The number of para-hydroxylation sites is 1. The molecule has 0 bridgehead atoms. The van der Waals surface area contributed by atoms with Crippen LogP contribution in [0, 0.1) is 19.8 Å². The molecule has 4 rings (SSSR count). The molecule has 1 aliphatic heterocycles. The highest BCUT2D eigenvalue weighted by atomic mass is 16.5. The summed E-state index contributed by atoms with van der Waals surface area (Å²) in [5, 5.41) is 12.0. The van der Waals surface area contributed by atoms with E-state index in [1.54, 1.807) is 11.7 Å². The molecule has 0 aliphatic carbocycles. The Morgan fingerprint density at radius 1 is 1.21 bits per heavy atom. The van der Waals surface area contributed by atoms with Gasteiger partial charge in [-0.1, -0.05) is 18.2 Å². The number of rotatable bonds is 4. The van der Waals surface area contributed by atoms with Gasteiger partial charge in [-0.2, -0.15) is 10.2 Å². The molecule has 1 aliphatic rings. The van der Waals surface area contributed by atoms with Crippen molar-refractivity contribution >= 4 is 5.91 Å². The number of aryl methyl sites for hydroxylation is 3. The summed E-state index contributed by atoms with van der Waals surface area (Å²) in [7, 11) is 3.70. The molecule has 1 aromatic carbocycles. The average molecular weight is 379 g/mol. The lowest BCUT2D eigenvalue weighted by Gasteiger charge is -2.25. The smallest absolute Gasteiger partial charge is 0.269 e. The first kappa shape index (κ1) is 18.3. The monoisotopic (exact) mass is 379 g/mol. The average Bonchev–Trinajstić information content (AvgIpc) is 3.18. The topological polar surface area (TPSA) is 74.0 Å². The zero-order valence-corrected chi connectivity index (χ0v) is 16.7. The number of fused-ring (bicyclic) bond motifs is 1. The van der Waals surface area contributed by atoms with Gasteiger partial charge >= 0.3 is 0 Å². The molecular weight excluding hydrogens is 354 g/mol. The van der Waals surface area contributed by atoms with E-state index in [1.165, 1.54) is 5.56 Å². The molecule has 0 fully saturated rings. The molecule has 1 N–H and O–H groups in total. The van der Waals surface area contributed by atoms with Crippen molar-refractivity contribution < 1.29 is 9.53 Å². The Bertz CT molecular complexity index is 1030. The summed E-state index contributed by atoms with van der Waals surface area (Å²) in [5.41, 5.74) is 5.41. The largest absolute Gasteiger partial charge is 0.493 e. The normalized spacial score (nSPS) is 15.8. The number of aromatic nitrogens is 4. The van der Waals surface area contributed by atoms with Gasteiger partial charge < -0.3 is 10.1 Å². The van der Waals surface area contributed by atoms with Crippen LogP contribution in [0.25, 0.3) is 11.3 Å². The van der Waals surface area contributed by atoms with Crippen LogP contribution in [0.2, 0.25) is 0 Å². The fourth-order valence-corrected chi connectivity index (χ4v) is 3.80. The molecular formula is C21H25N5O2. The second kappa shape index (κ2) is 7.14. The van der Waals surface area contributed by atoms with Gasteiger partial charge in [0.1, 0.15) is 11.4 Å². The lowest BCUT2D eigenvalue weighted by atomic mass is 9.97. The van der Waals surface area contributed by atoms with Crippen molar-refractivity contribution in [2.24, 2.45) is 20.0 Å². The standard InChI is InChI=1S/C21H25N5O2/c1-13-20(14(2)25(3)23-13)17-10-18(26(4)24-17)21(27)22-11-15-9-16-7-5-6-8-19(16)28-12-15/h5-8,10,15H,9,11-12H2,1-4H3,(H,22,27)/t15-/m1/s1. The van der Waals surface area contributed by atoms with Crippen molar-refractivity contribution in [2.45, 2.75) is 20.3 Å². The lowest BCUT2D eigenvalue weighted by molar-refractivity contribution is 0.0929. The maximum atomic E-state index is 12.7. The molecule has 0 saturated heterocycles. The highest BCUT2D eigenvalue weighted by Gasteiger charge is 2.22. The molecule has 3 heterocycles. The minimum absolute atomic E-state index is 0.126. The van der Waals surface area contributed by atoms with Crippen molar-refractivity contribution in [1.82, 2.24) is 24.9 Å². The molecule has 1 atom stereocenters. The number of amides is 1. The summed E-state index contributed by atoms with van der Waals surface area (Å²) in [5.74, 6) is 1.08.